The summed E-state index contributed by atoms with van der Waals surface area (Å²) < 4.78 is 5.43. The quantitative estimate of drug-likeness (QED) is 0.841. The number of halogens is 1. The Morgan fingerprint density at radius 2 is 2.06 bits per heavy atom. The number of likely N-dealkylation sites (tertiary alicyclic amines) is 1. The lowest BCUT2D eigenvalue weighted by atomic mass is 10.2. The molecule has 3 nitrogen and oxygen atoms in total. The molecule has 1 fully saturated rings. The van der Waals surface area contributed by atoms with Crippen LogP contribution in [0.1, 0.15) is 30.1 Å². The number of rotatable bonds is 4. The third-order valence-electron chi connectivity index (χ3n) is 3.29. The molecule has 0 amide bonds. The first kappa shape index (κ1) is 13.4. The number of nitrogens with one attached hydrogen (secondary N) is 1. The number of benzene rings is 1. The molecule has 4 heteroatoms. The number of quaternary nitrogens is 1. The highest BCUT2D eigenvalue weighted by Gasteiger charge is 2.21. The van der Waals surface area contributed by atoms with E-state index in [0.717, 1.165) is 6.54 Å². The minimum absolute atomic E-state index is 0.0677. The number of hydrogen-bond acceptors (Lipinski definition) is 2. The standard InChI is InChI=1S/C14H18ClNO2/c1-11(10-16-8-4-5-9-16)18-14(17)12-6-2-3-7-13(12)15/h2-3,6-7,11H,4-5,8-10H2,1H3/p+1. The Hall–Kier alpha value is -1.06. The van der Waals surface area contributed by atoms with Gasteiger partial charge in [0.05, 0.1) is 23.7 Å². The zero-order chi connectivity index (χ0) is 13.0. The molecule has 1 aliphatic heterocycles. The van der Waals surface area contributed by atoms with Gasteiger partial charge < -0.3 is 9.64 Å². The van der Waals surface area contributed by atoms with Gasteiger partial charge in [0, 0.05) is 12.8 Å². The number of hydrogen-bond donors (Lipinski definition) is 1. The minimum atomic E-state index is -0.327. The van der Waals surface area contributed by atoms with Crippen molar-refractivity contribution in [3.63, 3.8) is 0 Å². The average Bonchev–Trinajstić information content (AvgIpc) is 2.82. The predicted octanol–water partition coefficient (Wildman–Crippen LogP) is 1.56. The molecule has 0 aliphatic carbocycles. The molecule has 18 heavy (non-hydrogen) atoms. The van der Waals surface area contributed by atoms with Crippen LogP contribution in [0.2, 0.25) is 5.02 Å². The van der Waals surface area contributed by atoms with Gasteiger partial charge in [-0.15, -0.1) is 0 Å². The molecular weight excluding hydrogens is 250 g/mol. The normalized spacial score (nSPS) is 17.7. The maximum Gasteiger partial charge on any atom is 0.340 e. The van der Waals surface area contributed by atoms with E-state index < -0.39 is 0 Å². The van der Waals surface area contributed by atoms with E-state index >= 15 is 0 Å². The molecule has 0 spiro atoms. The lowest BCUT2D eigenvalue weighted by Gasteiger charge is -2.18. The number of carbonyl (C=O) groups excluding carboxylic acids is 1. The summed E-state index contributed by atoms with van der Waals surface area (Å²) >= 11 is 5.97. The number of esters is 1. The van der Waals surface area contributed by atoms with Gasteiger partial charge in [-0.3, -0.25) is 0 Å². The maximum atomic E-state index is 11.9. The Labute approximate surface area is 113 Å². The molecule has 98 valence electrons. The van der Waals surface area contributed by atoms with Crippen molar-refractivity contribution in [3.8, 4) is 0 Å². The summed E-state index contributed by atoms with van der Waals surface area (Å²) in [5.41, 5.74) is 0.447. The van der Waals surface area contributed by atoms with Crippen molar-refractivity contribution in [2.45, 2.75) is 25.9 Å². The van der Waals surface area contributed by atoms with Gasteiger partial charge in [0.15, 0.2) is 0 Å². The fourth-order valence-corrected chi connectivity index (χ4v) is 2.61. The van der Waals surface area contributed by atoms with Crippen LogP contribution in [0.5, 0.6) is 0 Å². The number of ether oxygens (including phenoxy) is 1. The first-order chi connectivity index (χ1) is 8.66. The van der Waals surface area contributed by atoms with Gasteiger partial charge in [-0.25, -0.2) is 4.79 Å². The van der Waals surface area contributed by atoms with Crippen LogP contribution in [0.4, 0.5) is 0 Å². The van der Waals surface area contributed by atoms with E-state index in [9.17, 15) is 4.79 Å². The van der Waals surface area contributed by atoms with E-state index in [1.165, 1.54) is 30.8 Å². The Morgan fingerprint density at radius 1 is 1.39 bits per heavy atom. The molecule has 0 saturated carbocycles. The van der Waals surface area contributed by atoms with Crippen LogP contribution in [0.15, 0.2) is 24.3 Å². The fraction of sp³-hybridized carbons (Fsp3) is 0.500. The van der Waals surface area contributed by atoms with E-state index in [4.69, 9.17) is 16.3 Å². The van der Waals surface area contributed by atoms with Crippen molar-refractivity contribution >= 4 is 17.6 Å². The molecule has 0 bridgehead atoms. The largest absolute Gasteiger partial charge is 0.453 e. The van der Waals surface area contributed by atoms with Crippen molar-refractivity contribution in [1.29, 1.82) is 0 Å². The highest BCUT2D eigenvalue weighted by molar-refractivity contribution is 6.33. The zero-order valence-electron chi connectivity index (χ0n) is 10.6. The summed E-state index contributed by atoms with van der Waals surface area (Å²) in [5, 5.41) is 0.447. The van der Waals surface area contributed by atoms with Gasteiger partial charge in [-0.2, -0.15) is 0 Å². The van der Waals surface area contributed by atoms with E-state index in [2.05, 4.69) is 0 Å². The first-order valence-electron chi connectivity index (χ1n) is 6.46. The van der Waals surface area contributed by atoms with Crippen LogP contribution in [0, 0.1) is 0 Å². The fourth-order valence-electron chi connectivity index (χ4n) is 2.40. The molecule has 1 heterocycles. The molecular formula is C14H19ClNO2+. The molecule has 0 radical (unpaired) electrons. The molecule has 1 saturated heterocycles. The van der Waals surface area contributed by atoms with Gasteiger partial charge in [0.1, 0.15) is 12.6 Å². The van der Waals surface area contributed by atoms with Crippen LogP contribution in [-0.2, 0) is 4.74 Å². The van der Waals surface area contributed by atoms with Gasteiger partial charge >= 0.3 is 5.97 Å². The summed E-state index contributed by atoms with van der Waals surface area (Å²) in [4.78, 5) is 13.5. The number of carbonyl (C=O) groups is 1. The Bertz CT molecular complexity index is 416. The molecule has 1 unspecified atom stereocenters. The Morgan fingerprint density at radius 3 is 2.72 bits per heavy atom. The van der Waals surface area contributed by atoms with E-state index in [1.807, 2.05) is 6.92 Å². The predicted molar refractivity (Wildman–Crippen MR) is 71.1 cm³/mol. The van der Waals surface area contributed by atoms with Crippen molar-refractivity contribution in [2.75, 3.05) is 19.6 Å². The van der Waals surface area contributed by atoms with Crippen molar-refractivity contribution in [3.05, 3.63) is 34.9 Å². The van der Waals surface area contributed by atoms with Crippen LogP contribution in [0.25, 0.3) is 0 Å². The van der Waals surface area contributed by atoms with Gasteiger partial charge in [-0.05, 0) is 19.1 Å². The zero-order valence-corrected chi connectivity index (χ0v) is 11.4. The third kappa shape index (κ3) is 3.47. The lowest BCUT2D eigenvalue weighted by Crippen LogP contribution is -3.11. The molecule has 1 atom stereocenters. The van der Waals surface area contributed by atoms with Gasteiger partial charge in [0.25, 0.3) is 0 Å². The topological polar surface area (TPSA) is 30.7 Å². The average molecular weight is 269 g/mol. The molecule has 0 aromatic heterocycles. The van der Waals surface area contributed by atoms with Crippen molar-refractivity contribution in [2.24, 2.45) is 0 Å². The van der Waals surface area contributed by atoms with E-state index in [0.29, 0.717) is 10.6 Å². The summed E-state index contributed by atoms with van der Waals surface area (Å²) in [6, 6.07) is 6.99. The van der Waals surface area contributed by atoms with Crippen LogP contribution >= 0.6 is 11.6 Å². The lowest BCUT2D eigenvalue weighted by molar-refractivity contribution is -0.890. The molecule has 1 aromatic carbocycles. The second kappa shape index (κ2) is 6.21. The minimum Gasteiger partial charge on any atom is -0.453 e. The van der Waals surface area contributed by atoms with E-state index in [-0.39, 0.29) is 12.1 Å². The third-order valence-corrected chi connectivity index (χ3v) is 3.62. The highest BCUT2D eigenvalue weighted by atomic mass is 35.5. The molecule has 2 rings (SSSR count). The Kier molecular flexibility index (Phi) is 4.61. The summed E-state index contributed by atoms with van der Waals surface area (Å²) in [6.07, 6.45) is 2.49. The SMILES string of the molecule is CC(C[NH+]1CCCC1)OC(=O)c1ccccc1Cl. The summed E-state index contributed by atoms with van der Waals surface area (Å²) in [7, 11) is 0. The van der Waals surface area contributed by atoms with Gasteiger partial charge in [-0.1, -0.05) is 23.7 Å². The summed E-state index contributed by atoms with van der Waals surface area (Å²) in [5.74, 6) is -0.327. The second-order valence-corrected chi connectivity index (χ2v) is 5.26. The smallest absolute Gasteiger partial charge is 0.340 e. The monoisotopic (exact) mass is 268 g/mol. The molecule has 1 aliphatic rings. The van der Waals surface area contributed by atoms with E-state index in [1.54, 1.807) is 24.3 Å². The highest BCUT2D eigenvalue weighted by Crippen LogP contribution is 2.16. The molecule has 1 aromatic rings. The van der Waals surface area contributed by atoms with Crippen LogP contribution in [-0.4, -0.2) is 31.7 Å². The van der Waals surface area contributed by atoms with Crippen molar-refractivity contribution in [1.82, 2.24) is 0 Å². The Balaban J connectivity index is 1.88. The maximum absolute atomic E-state index is 11.9. The van der Waals surface area contributed by atoms with Crippen LogP contribution in [0.3, 0.4) is 0 Å². The molecule has 1 N–H and O–H groups in total. The second-order valence-electron chi connectivity index (χ2n) is 4.86. The van der Waals surface area contributed by atoms with Crippen molar-refractivity contribution < 1.29 is 14.4 Å². The van der Waals surface area contributed by atoms with Crippen LogP contribution < -0.4 is 4.90 Å². The first-order valence-corrected chi connectivity index (χ1v) is 6.83. The summed E-state index contributed by atoms with van der Waals surface area (Å²) in [6.45, 7) is 5.21. The van der Waals surface area contributed by atoms with Gasteiger partial charge in [0.2, 0.25) is 0 Å².